The molecule has 0 unspecified atom stereocenters. The van der Waals surface area contributed by atoms with Gasteiger partial charge in [0.1, 0.15) is 5.75 Å². The average molecular weight is 312 g/mol. The van der Waals surface area contributed by atoms with Crippen molar-refractivity contribution < 1.29 is 4.74 Å². The number of pyridine rings is 2. The maximum atomic E-state index is 5.24. The van der Waals surface area contributed by atoms with E-state index in [9.17, 15) is 0 Å². The Morgan fingerprint density at radius 3 is 2.45 bits per heavy atom. The summed E-state index contributed by atoms with van der Waals surface area (Å²) >= 11 is 4.18. The lowest BCUT2D eigenvalue weighted by Crippen LogP contribution is -1.97. The van der Waals surface area contributed by atoms with Crippen molar-refractivity contribution in [3.63, 3.8) is 0 Å². The van der Waals surface area contributed by atoms with Gasteiger partial charge < -0.3 is 4.74 Å². The van der Waals surface area contributed by atoms with E-state index in [4.69, 9.17) is 4.74 Å². The molecule has 1 aromatic carbocycles. The van der Waals surface area contributed by atoms with E-state index in [2.05, 4.69) is 34.7 Å². The summed E-state index contributed by atoms with van der Waals surface area (Å²) in [6.07, 6.45) is 3.62. The van der Waals surface area contributed by atoms with E-state index in [0.29, 0.717) is 5.75 Å². The number of hydrogen-bond acceptors (Lipinski definition) is 4. The second-order valence-electron chi connectivity index (χ2n) is 4.90. The molecule has 2 heterocycles. The monoisotopic (exact) mass is 312 g/mol. The van der Waals surface area contributed by atoms with Gasteiger partial charge in [-0.15, -0.1) is 0 Å². The van der Waals surface area contributed by atoms with Gasteiger partial charge in [0, 0.05) is 34.7 Å². The minimum atomic E-state index is 0.655. The number of hydrogen-bond donors (Lipinski definition) is 1. The van der Waals surface area contributed by atoms with Gasteiger partial charge in [0.15, 0.2) is 0 Å². The van der Waals surface area contributed by atoms with Gasteiger partial charge in [0.25, 0.3) is 0 Å². The van der Waals surface area contributed by atoms with Crippen LogP contribution < -0.4 is 4.74 Å². The van der Waals surface area contributed by atoms with Gasteiger partial charge >= 0.3 is 0 Å². The summed E-state index contributed by atoms with van der Waals surface area (Å²) in [6.45, 7) is 3.99. The van der Waals surface area contributed by atoms with Crippen molar-refractivity contribution in [2.75, 3.05) is 7.11 Å². The smallest absolute Gasteiger partial charge is 0.128 e. The summed E-state index contributed by atoms with van der Waals surface area (Å²) < 4.78 is 5.24. The van der Waals surface area contributed by atoms with Crippen LogP contribution in [0, 0.1) is 13.8 Å². The van der Waals surface area contributed by atoms with E-state index in [-0.39, 0.29) is 0 Å². The van der Waals surface area contributed by atoms with Crippen molar-refractivity contribution in [2.45, 2.75) is 19.6 Å². The number of benzene rings is 1. The fraction of sp³-hybridized carbons (Fsp3) is 0.222. The van der Waals surface area contributed by atoms with Gasteiger partial charge in [0.05, 0.1) is 18.3 Å². The molecule has 4 heteroatoms. The first kappa shape index (κ1) is 16.3. The van der Waals surface area contributed by atoms with E-state index in [1.54, 1.807) is 7.11 Å². The summed E-state index contributed by atoms with van der Waals surface area (Å²) in [5, 5.41) is 1.20. The zero-order chi connectivity index (χ0) is 15.9. The number of thiol groups is 1. The van der Waals surface area contributed by atoms with Gasteiger partial charge in [0.2, 0.25) is 0 Å². The summed E-state index contributed by atoms with van der Waals surface area (Å²) in [5.41, 5.74) is 4.21. The number of ether oxygens (including phenoxy) is 1. The predicted molar refractivity (Wildman–Crippen MR) is 94.7 cm³/mol. The molecule has 0 radical (unpaired) electrons. The molecule has 3 nitrogen and oxygen atoms in total. The highest BCUT2D eigenvalue weighted by atomic mass is 32.1. The first-order chi connectivity index (χ1) is 10.7. The molecule has 0 amide bonds. The Hall–Kier alpha value is -2.07. The molecule has 3 aromatic rings. The van der Waals surface area contributed by atoms with Crippen LogP contribution in [0.5, 0.6) is 5.75 Å². The van der Waals surface area contributed by atoms with Gasteiger partial charge in [-0.25, -0.2) is 0 Å². The molecule has 22 heavy (non-hydrogen) atoms. The van der Waals surface area contributed by atoms with E-state index >= 15 is 0 Å². The Morgan fingerprint density at radius 2 is 1.77 bits per heavy atom. The molecule has 0 bridgehead atoms. The number of methoxy groups -OCH3 is 1. The maximum absolute atomic E-state index is 5.24. The van der Waals surface area contributed by atoms with E-state index in [1.165, 1.54) is 5.39 Å². The average Bonchev–Trinajstić information content (AvgIpc) is 2.56. The lowest BCUT2D eigenvalue weighted by atomic mass is 10.1. The molecule has 0 atom stereocenters. The Morgan fingerprint density at radius 1 is 1.05 bits per heavy atom. The summed E-state index contributed by atoms with van der Waals surface area (Å²) in [4.78, 5) is 8.43. The first-order valence-electron chi connectivity index (χ1n) is 7.07. The Kier molecular flexibility index (Phi) is 5.78. The Balaban J connectivity index is 0.000000162. The highest BCUT2D eigenvalue weighted by Crippen LogP contribution is 2.24. The lowest BCUT2D eigenvalue weighted by Gasteiger charge is -2.10. The summed E-state index contributed by atoms with van der Waals surface area (Å²) in [6, 6.07) is 12.1. The highest BCUT2D eigenvalue weighted by Gasteiger charge is 2.07. The van der Waals surface area contributed by atoms with Crippen molar-refractivity contribution in [2.24, 2.45) is 0 Å². The van der Waals surface area contributed by atoms with Gasteiger partial charge in [-0.1, -0.05) is 24.3 Å². The molecule has 3 rings (SSSR count). The van der Waals surface area contributed by atoms with Gasteiger partial charge in [-0.2, -0.15) is 12.6 Å². The largest absolute Gasteiger partial charge is 0.496 e. The van der Waals surface area contributed by atoms with Crippen molar-refractivity contribution in [1.82, 2.24) is 9.97 Å². The van der Waals surface area contributed by atoms with Gasteiger partial charge in [-0.3, -0.25) is 9.97 Å². The van der Waals surface area contributed by atoms with Crippen molar-refractivity contribution >= 4 is 23.5 Å². The normalized spacial score (nSPS) is 10.0. The molecule has 0 saturated carbocycles. The summed E-state index contributed by atoms with van der Waals surface area (Å²) in [5.74, 6) is 1.58. The van der Waals surface area contributed by atoms with Crippen LogP contribution in [0.1, 0.15) is 16.8 Å². The molecular formula is C18H20N2OS. The molecule has 0 aliphatic heterocycles. The predicted octanol–water partition coefficient (Wildman–Crippen LogP) is 4.37. The first-order valence-corrected chi connectivity index (χ1v) is 7.70. The van der Waals surface area contributed by atoms with Crippen LogP contribution in [0.15, 0.2) is 48.8 Å². The van der Waals surface area contributed by atoms with Crippen LogP contribution >= 0.6 is 12.6 Å². The fourth-order valence-corrected chi connectivity index (χ4v) is 2.57. The van der Waals surface area contributed by atoms with Crippen molar-refractivity contribution in [1.29, 1.82) is 0 Å². The molecule has 0 spiro atoms. The Bertz CT molecular complexity index is 694. The number of aryl methyl sites for hydroxylation is 1. The zero-order valence-corrected chi connectivity index (χ0v) is 14.0. The Labute approximate surface area is 136 Å². The molecule has 114 valence electrons. The standard InChI is InChI=1S/C9H13NOS.C9H7N/c1-6-4-10-8(5-12)7(2)9(6)11-3;1-2-6-9-8(4-1)5-3-7-10-9/h4,12H,5H2,1-3H3;1-7H. The number of fused-ring (bicyclic) bond motifs is 1. The number of aromatic nitrogens is 2. The third-order valence-corrected chi connectivity index (χ3v) is 3.71. The topological polar surface area (TPSA) is 35.0 Å². The van der Waals surface area contributed by atoms with E-state index in [1.807, 2.05) is 50.5 Å². The fourth-order valence-electron chi connectivity index (χ4n) is 2.25. The minimum absolute atomic E-state index is 0.655. The van der Waals surface area contributed by atoms with Gasteiger partial charge in [-0.05, 0) is 26.0 Å². The molecule has 0 aliphatic carbocycles. The molecule has 0 N–H and O–H groups in total. The maximum Gasteiger partial charge on any atom is 0.128 e. The number of rotatable bonds is 2. The SMILES string of the molecule is COc1c(C)cnc(CS)c1C.c1ccc2ncccc2c1. The number of para-hydroxylation sites is 1. The molecular weight excluding hydrogens is 292 g/mol. The van der Waals surface area contributed by atoms with E-state index in [0.717, 1.165) is 28.1 Å². The van der Waals surface area contributed by atoms with Crippen molar-refractivity contribution in [3.8, 4) is 5.75 Å². The number of nitrogens with zero attached hydrogens (tertiary/aromatic N) is 2. The lowest BCUT2D eigenvalue weighted by molar-refractivity contribution is 0.407. The third kappa shape index (κ3) is 3.77. The molecule has 0 aliphatic rings. The quantitative estimate of drug-likeness (QED) is 0.714. The van der Waals surface area contributed by atoms with Crippen LogP contribution in [-0.4, -0.2) is 17.1 Å². The summed E-state index contributed by atoms with van der Waals surface area (Å²) in [7, 11) is 1.68. The van der Waals surface area contributed by atoms with Crippen LogP contribution in [0.3, 0.4) is 0 Å². The minimum Gasteiger partial charge on any atom is -0.496 e. The molecule has 2 aromatic heterocycles. The highest BCUT2D eigenvalue weighted by molar-refractivity contribution is 7.79. The van der Waals surface area contributed by atoms with E-state index < -0.39 is 0 Å². The van der Waals surface area contributed by atoms with Crippen LogP contribution in [-0.2, 0) is 5.75 Å². The molecule has 0 fully saturated rings. The van der Waals surface area contributed by atoms with Crippen LogP contribution in [0.4, 0.5) is 0 Å². The van der Waals surface area contributed by atoms with Crippen molar-refractivity contribution in [3.05, 3.63) is 65.6 Å². The second-order valence-corrected chi connectivity index (χ2v) is 5.22. The van der Waals surface area contributed by atoms with Crippen LogP contribution in [0.25, 0.3) is 10.9 Å². The van der Waals surface area contributed by atoms with Crippen LogP contribution in [0.2, 0.25) is 0 Å². The third-order valence-electron chi connectivity index (χ3n) is 3.41. The zero-order valence-electron chi connectivity index (χ0n) is 13.1. The second kappa shape index (κ2) is 7.80. The molecule has 0 saturated heterocycles.